The van der Waals surface area contributed by atoms with Gasteiger partial charge in [-0.1, -0.05) is 17.7 Å². The average Bonchev–Trinajstić information content (AvgIpc) is 2.51. The summed E-state index contributed by atoms with van der Waals surface area (Å²) >= 11 is 0. The van der Waals surface area contributed by atoms with Gasteiger partial charge in [-0.25, -0.2) is 4.98 Å². The third kappa shape index (κ3) is 4.22. The van der Waals surface area contributed by atoms with E-state index in [1.807, 2.05) is 33.8 Å². The van der Waals surface area contributed by atoms with Crippen LogP contribution in [0.3, 0.4) is 0 Å². The molecule has 0 saturated carbocycles. The number of carbonyl (C=O) groups is 1. The van der Waals surface area contributed by atoms with Gasteiger partial charge >= 0.3 is 0 Å². The number of anilines is 2. The Morgan fingerprint density at radius 1 is 1.17 bits per heavy atom. The van der Waals surface area contributed by atoms with Gasteiger partial charge in [-0.15, -0.1) is 0 Å². The van der Waals surface area contributed by atoms with Gasteiger partial charge in [-0.3, -0.25) is 4.79 Å². The Hall–Kier alpha value is -2.56. The largest absolute Gasteiger partial charge is 0.481 e. The molecule has 0 aliphatic heterocycles. The number of rotatable bonds is 5. The van der Waals surface area contributed by atoms with Crippen molar-refractivity contribution in [2.24, 2.45) is 0 Å². The minimum atomic E-state index is -0.384. The topological polar surface area (TPSA) is 63.2 Å². The van der Waals surface area contributed by atoms with E-state index in [0.717, 1.165) is 22.5 Å². The highest BCUT2D eigenvalue weighted by atomic mass is 16.5. The first-order valence-corrected chi connectivity index (χ1v) is 7.56. The third-order valence-electron chi connectivity index (χ3n) is 3.65. The van der Waals surface area contributed by atoms with Gasteiger partial charge in [0.2, 0.25) is 11.8 Å². The Labute approximate surface area is 137 Å². The molecule has 1 heterocycles. The van der Waals surface area contributed by atoms with Gasteiger partial charge in [0.05, 0.1) is 19.0 Å². The number of hydrogen-bond acceptors (Lipinski definition) is 4. The summed E-state index contributed by atoms with van der Waals surface area (Å²) < 4.78 is 5.02. The minimum absolute atomic E-state index is 0.0872. The number of nitrogens with one attached hydrogen (secondary N) is 2. The van der Waals surface area contributed by atoms with Crippen LogP contribution < -0.4 is 15.4 Å². The van der Waals surface area contributed by atoms with Crippen LogP contribution in [0.4, 0.5) is 11.4 Å². The van der Waals surface area contributed by atoms with Crippen molar-refractivity contribution in [2.45, 2.75) is 33.7 Å². The number of hydrogen-bond donors (Lipinski definition) is 2. The van der Waals surface area contributed by atoms with Crippen LogP contribution in [-0.2, 0) is 4.79 Å². The lowest BCUT2D eigenvalue weighted by molar-refractivity contribution is -0.116. The van der Waals surface area contributed by atoms with E-state index in [-0.39, 0.29) is 11.9 Å². The number of nitrogens with zero attached hydrogens (tertiary/aromatic N) is 1. The second-order valence-corrected chi connectivity index (χ2v) is 5.72. The first-order chi connectivity index (χ1) is 10.9. The van der Waals surface area contributed by atoms with Crippen LogP contribution in [0.5, 0.6) is 5.88 Å². The van der Waals surface area contributed by atoms with Gasteiger partial charge < -0.3 is 15.4 Å². The van der Waals surface area contributed by atoms with Crippen molar-refractivity contribution < 1.29 is 9.53 Å². The van der Waals surface area contributed by atoms with E-state index in [1.165, 1.54) is 5.56 Å². The maximum absolute atomic E-state index is 12.4. The van der Waals surface area contributed by atoms with Crippen molar-refractivity contribution in [1.82, 2.24) is 4.98 Å². The van der Waals surface area contributed by atoms with E-state index in [4.69, 9.17) is 4.74 Å². The number of pyridine rings is 1. The molecule has 2 rings (SSSR count). The first kappa shape index (κ1) is 16.8. The Balaban J connectivity index is 2.05. The van der Waals surface area contributed by atoms with Crippen LogP contribution in [0.15, 0.2) is 30.5 Å². The van der Waals surface area contributed by atoms with E-state index in [2.05, 4.69) is 27.8 Å². The maximum atomic E-state index is 12.4. The number of amides is 1. The molecule has 0 saturated heterocycles. The number of benzene rings is 1. The molecule has 0 bridgehead atoms. The molecule has 0 fully saturated rings. The molecule has 23 heavy (non-hydrogen) atoms. The summed E-state index contributed by atoms with van der Waals surface area (Å²) in [6, 6.07) is 7.33. The van der Waals surface area contributed by atoms with Crippen molar-refractivity contribution in [3.63, 3.8) is 0 Å². The minimum Gasteiger partial charge on any atom is -0.481 e. The molecule has 0 aliphatic rings. The summed E-state index contributed by atoms with van der Waals surface area (Å²) in [4.78, 5) is 16.5. The normalized spacial score (nSPS) is 11.7. The van der Waals surface area contributed by atoms with Crippen molar-refractivity contribution in [3.8, 4) is 5.88 Å². The van der Waals surface area contributed by atoms with Gasteiger partial charge in [0.1, 0.15) is 6.04 Å². The van der Waals surface area contributed by atoms with Crippen molar-refractivity contribution in [1.29, 1.82) is 0 Å². The lowest BCUT2D eigenvalue weighted by Crippen LogP contribution is -2.32. The molecule has 1 aromatic heterocycles. The fourth-order valence-electron chi connectivity index (χ4n) is 2.51. The van der Waals surface area contributed by atoms with Crippen molar-refractivity contribution in [3.05, 3.63) is 47.2 Å². The molecule has 0 aliphatic carbocycles. The SMILES string of the molecule is COc1ccc(N[C@@H](C)C(=O)Nc2c(C)cc(C)cc2C)cn1. The zero-order chi connectivity index (χ0) is 17.0. The Morgan fingerprint density at radius 2 is 1.83 bits per heavy atom. The van der Waals surface area contributed by atoms with E-state index < -0.39 is 0 Å². The van der Waals surface area contributed by atoms with Crippen LogP contribution in [0.2, 0.25) is 0 Å². The summed E-state index contributed by atoms with van der Waals surface area (Å²) in [6.07, 6.45) is 1.64. The van der Waals surface area contributed by atoms with Gasteiger partial charge in [-0.2, -0.15) is 0 Å². The van der Waals surface area contributed by atoms with E-state index in [9.17, 15) is 4.79 Å². The Kier molecular flexibility index (Phi) is 5.21. The zero-order valence-electron chi connectivity index (χ0n) is 14.2. The van der Waals surface area contributed by atoms with Gasteiger partial charge in [0.25, 0.3) is 0 Å². The molecule has 1 atom stereocenters. The highest BCUT2D eigenvalue weighted by Gasteiger charge is 2.15. The molecular weight excluding hydrogens is 290 g/mol. The zero-order valence-corrected chi connectivity index (χ0v) is 14.2. The molecule has 1 amide bonds. The standard InChI is InChI=1S/C18H23N3O2/c1-11-8-12(2)17(13(3)9-11)21-18(22)14(4)20-15-6-7-16(23-5)19-10-15/h6-10,14,20H,1-5H3,(H,21,22)/t14-/m0/s1. The van der Waals surface area contributed by atoms with E-state index >= 15 is 0 Å². The quantitative estimate of drug-likeness (QED) is 0.887. The molecule has 2 aromatic rings. The fraction of sp³-hybridized carbons (Fsp3) is 0.333. The number of ether oxygens (including phenoxy) is 1. The molecule has 122 valence electrons. The van der Waals surface area contributed by atoms with Gasteiger partial charge in [0, 0.05) is 11.8 Å². The monoisotopic (exact) mass is 313 g/mol. The van der Waals surface area contributed by atoms with Crippen LogP contribution in [-0.4, -0.2) is 24.0 Å². The fourth-order valence-corrected chi connectivity index (χ4v) is 2.51. The molecule has 0 spiro atoms. The highest BCUT2D eigenvalue weighted by molar-refractivity contribution is 5.97. The molecular formula is C18H23N3O2. The number of aryl methyl sites for hydroxylation is 3. The Morgan fingerprint density at radius 3 is 2.35 bits per heavy atom. The molecule has 5 heteroatoms. The van der Waals surface area contributed by atoms with E-state index in [1.54, 1.807) is 19.4 Å². The maximum Gasteiger partial charge on any atom is 0.246 e. The average molecular weight is 313 g/mol. The first-order valence-electron chi connectivity index (χ1n) is 7.56. The van der Waals surface area contributed by atoms with Gasteiger partial charge in [-0.05, 0) is 44.9 Å². The molecule has 0 radical (unpaired) electrons. The lowest BCUT2D eigenvalue weighted by Gasteiger charge is -2.18. The summed E-state index contributed by atoms with van der Waals surface area (Å²) in [7, 11) is 1.57. The second-order valence-electron chi connectivity index (χ2n) is 5.72. The number of aromatic nitrogens is 1. The summed E-state index contributed by atoms with van der Waals surface area (Å²) in [5, 5.41) is 6.14. The molecule has 2 N–H and O–H groups in total. The van der Waals surface area contributed by atoms with Crippen molar-refractivity contribution in [2.75, 3.05) is 17.7 Å². The molecule has 5 nitrogen and oxygen atoms in total. The smallest absolute Gasteiger partial charge is 0.246 e. The Bertz CT molecular complexity index is 673. The van der Waals surface area contributed by atoms with Gasteiger partial charge in [0.15, 0.2) is 0 Å². The number of carbonyl (C=O) groups excluding carboxylic acids is 1. The number of methoxy groups -OCH3 is 1. The molecule has 1 aromatic carbocycles. The van der Waals surface area contributed by atoms with E-state index in [0.29, 0.717) is 5.88 Å². The summed E-state index contributed by atoms with van der Waals surface area (Å²) in [5.41, 5.74) is 4.96. The summed E-state index contributed by atoms with van der Waals surface area (Å²) in [5.74, 6) is 0.453. The summed E-state index contributed by atoms with van der Waals surface area (Å²) in [6.45, 7) is 7.87. The highest BCUT2D eigenvalue weighted by Crippen LogP contribution is 2.22. The predicted molar refractivity (Wildman–Crippen MR) is 93.2 cm³/mol. The van der Waals surface area contributed by atoms with Crippen LogP contribution >= 0.6 is 0 Å². The predicted octanol–water partition coefficient (Wildman–Crippen LogP) is 3.45. The van der Waals surface area contributed by atoms with Crippen LogP contribution in [0.25, 0.3) is 0 Å². The van der Waals surface area contributed by atoms with Crippen molar-refractivity contribution >= 4 is 17.3 Å². The van der Waals surface area contributed by atoms with Crippen LogP contribution in [0.1, 0.15) is 23.6 Å². The van der Waals surface area contributed by atoms with Crippen LogP contribution in [0, 0.1) is 20.8 Å². The third-order valence-corrected chi connectivity index (χ3v) is 3.65. The molecule has 0 unspecified atom stereocenters. The second kappa shape index (κ2) is 7.13. The lowest BCUT2D eigenvalue weighted by atomic mass is 10.0.